The third-order valence-electron chi connectivity index (χ3n) is 5.23. The number of nitrogens with zero attached hydrogens (tertiary/aromatic N) is 1. The molecule has 0 spiro atoms. The number of esters is 1. The molecule has 6 heteroatoms. The Bertz CT molecular complexity index is 601. The second-order valence-corrected chi connectivity index (χ2v) is 7.63. The topological polar surface area (TPSA) is 70.0 Å². The summed E-state index contributed by atoms with van der Waals surface area (Å²) in [6, 6.07) is 5.61. The summed E-state index contributed by atoms with van der Waals surface area (Å²) in [7, 11) is 1.36. The van der Waals surface area contributed by atoms with Gasteiger partial charge in [-0.1, -0.05) is 41.3 Å². The Hall–Kier alpha value is -1.11. The Morgan fingerprint density at radius 2 is 2.04 bits per heavy atom. The third kappa shape index (κ3) is 3.32. The standard InChI is InChI=1S/C18H24BrNO4/c1-24-18(23)12-7-8-13-14(9-12)20(10-15(21)22)17(19)16(13)11-5-3-2-4-6-11/h7-9,11,15-17,21-22H,2-6,10H2,1H3. The molecule has 0 saturated heterocycles. The highest BCUT2D eigenvalue weighted by Gasteiger charge is 2.42. The molecule has 1 fully saturated rings. The van der Waals surface area contributed by atoms with Crippen LogP contribution in [0.25, 0.3) is 0 Å². The van der Waals surface area contributed by atoms with E-state index in [9.17, 15) is 15.0 Å². The first-order chi connectivity index (χ1) is 11.5. The van der Waals surface area contributed by atoms with Gasteiger partial charge in [-0.05, 0) is 36.5 Å². The molecule has 2 N–H and O–H groups in total. The van der Waals surface area contributed by atoms with Gasteiger partial charge in [0.25, 0.3) is 0 Å². The maximum atomic E-state index is 11.9. The first kappa shape index (κ1) is 17.7. The van der Waals surface area contributed by atoms with Crippen LogP contribution in [0.5, 0.6) is 0 Å². The van der Waals surface area contributed by atoms with Crippen LogP contribution in [0.3, 0.4) is 0 Å². The van der Waals surface area contributed by atoms with E-state index in [0.717, 1.165) is 5.69 Å². The van der Waals surface area contributed by atoms with Gasteiger partial charge in [0.1, 0.15) is 0 Å². The number of halogens is 1. The molecule has 2 unspecified atom stereocenters. The summed E-state index contributed by atoms with van der Waals surface area (Å²) in [5, 5.41) is 19.0. The zero-order valence-electron chi connectivity index (χ0n) is 13.8. The average Bonchev–Trinajstić information content (AvgIpc) is 2.86. The van der Waals surface area contributed by atoms with Crippen molar-refractivity contribution in [1.82, 2.24) is 0 Å². The van der Waals surface area contributed by atoms with Gasteiger partial charge in [-0.3, -0.25) is 0 Å². The summed E-state index contributed by atoms with van der Waals surface area (Å²) < 4.78 is 4.81. The minimum absolute atomic E-state index is 0.00490. The molecule has 1 aromatic rings. The fraction of sp³-hybridized carbons (Fsp3) is 0.611. The molecule has 24 heavy (non-hydrogen) atoms. The number of aliphatic hydroxyl groups is 2. The van der Waals surface area contributed by atoms with Gasteiger partial charge >= 0.3 is 5.97 Å². The van der Waals surface area contributed by atoms with E-state index >= 15 is 0 Å². The second kappa shape index (κ2) is 7.42. The fourth-order valence-electron chi connectivity index (χ4n) is 4.14. The fourth-order valence-corrected chi connectivity index (χ4v) is 5.24. The number of benzene rings is 1. The Kier molecular flexibility index (Phi) is 5.47. The van der Waals surface area contributed by atoms with Crippen LogP contribution in [0.2, 0.25) is 0 Å². The summed E-state index contributed by atoms with van der Waals surface area (Å²) in [6.45, 7) is 0.108. The van der Waals surface area contributed by atoms with Gasteiger partial charge in [-0.25, -0.2) is 4.79 Å². The Labute approximate surface area is 150 Å². The van der Waals surface area contributed by atoms with Crippen molar-refractivity contribution in [2.45, 2.75) is 49.3 Å². The molecule has 2 atom stereocenters. The van der Waals surface area contributed by atoms with Crippen molar-refractivity contribution in [3.05, 3.63) is 29.3 Å². The Morgan fingerprint density at radius 1 is 1.33 bits per heavy atom. The Balaban J connectivity index is 1.98. The first-order valence-electron chi connectivity index (χ1n) is 8.52. The highest BCUT2D eigenvalue weighted by Crippen LogP contribution is 2.50. The molecular formula is C18H24BrNO4. The van der Waals surface area contributed by atoms with E-state index < -0.39 is 6.29 Å². The van der Waals surface area contributed by atoms with Crippen LogP contribution in [0.4, 0.5) is 5.69 Å². The minimum atomic E-state index is -1.43. The van der Waals surface area contributed by atoms with E-state index in [-0.39, 0.29) is 17.5 Å². The van der Waals surface area contributed by atoms with Gasteiger partial charge in [-0.15, -0.1) is 0 Å². The van der Waals surface area contributed by atoms with Gasteiger partial charge in [-0.2, -0.15) is 0 Å². The summed E-state index contributed by atoms with van der Waals surface area (Å²) in [5.41, 5.74) is 2.55. The first-order valence-corrected chi connectivity index (χ1v) is 9.43. The lowest BCUT2D eigenvalue weighted by Gasteiger charge is -2.32. The normalized spacial score (nSPS) is 24.3. The zero-order valence-corrected chi connectivity index (χ0v) is 15.4. The van der Waals surface area contributed by atoms with Crippen LogP contribution in [0, 0.1) is 5.92 Å². The highest BCUT2D eigenvalue weighted by molar-refractivity contribution is 9.09. The van der Waals surface area contributed by atoms with Crippen LogP contribution in [0.1, 0.15) is 53.9 Å². The molecule has 132 valence electrons. The van der Waals surface area contributed by atoms with Crippen molar-refractivity contribution >= 4 is 27.6 Å². The van der Waals surface area contributed by atoms with Gasteiger partial charge in [0.15, 0.2) is 6.29 Å². The zero-order chi connectivity index (χ0) is 17.3. The van der Waals surface area contributed by atoms with Crippen molar-refractivity contribution in [3.8, 4) is 0 Å². The minimum Gasteiger partial charge on any atom is -0.465 e. The maximum Gasteiger partial charge on any atom is 0.337 e. The molecule has 3 rings (SSSR count). The average molecular weight is 398 g/mol. The second-order valence-electron chi connectivity index (χ2n) is 6.69. The predicted molar refractivity (Wildman–Crippen MR) is 95.4 cm³/mol. The van der Waals surface area contributed by atoms with E-state index in [1.807, 2.05) is 11.0 Å². The molecule has 0 aromatic heterocycles. The van der Waals surface area contributed by atoms with E-state index in [0.29, 0.717) is 17.4 Å². The lowest BCUT2D eigenvalue weighted by atomic mass is 9.77. The number of alkyl halides is 1. The number of aliphatic hydroxyl groups excluding tert-OH is 1. The molecule has 2 aliphatic rings. The number of carbonyl (C=O) groups is 1. The molecule has 0 radical (unpaired) electrons. The van der Waals surface area contributed by atoms with Gasteiger partial charge in [0.2, 0.25) is 0 Å². The monoisotopic (exact) mass is 397 g/mol. The van der Waals surface area contributed by atoms with Crippen molar-refractivity contribution < 1.29 is 19.7 Å². The smallest absolute Gasteiger partial charge is 0.337 e. The Morgan fingerprint density at radius 3 is 2.67 bits per heavy atom. The van der Waals surface area contributed by atoms with Gasteiger partial charge < -0.3 is 19.8 Å². The lowest BCUT2D eigenvalue weighted by molar-refractivity contribution is -0.0324. The van der Waals surface area contributed by atoms with Gasteiger partial charge in [0, 0.05) is 11.6 Å². The largest absolute Gasteiger partial charge is 0.465 e. The number of β-amino-alcohol motifs (C(OH)–C–C–N with tert-alkyl or cyclic N) is 2. The molecule has 0 amide bonds. The molecule has 1 saturated carbocycles. The summed E-state index contributed by atoms with van der Waals surface area (Å²) in [6.07, 6.45) is 4.76. The quantitative estimate of drug-likeness (QED) is 0.353. The number of methoxy groups -OCH3 is 1. The third-order valence-corrected chi connectivity index (χ3v) is 6.30. The summed E-state index contributed by atoms with van der Waals surface area (Å²) >= 11 is 3.78. The van der Waals surface area contributed by atoms with Crippen LogP contribution in [-0.2, 0) is 4.74 Å². The SMILES string of the molecule is COC(=O)c1ccc2c(c1)N(CC(O)O)C(Br)C2C1CCCCC1. The predicted octanol–water partition coefficient (Wildman–Crippen LogP) is 2.99. The lowest BCUT2D eigenvalue weighted by Crippen LogP contribution is -2.37. The molecule has 1 aliphatic heterocycles. The van der Waals surface area contributed by atoms with Crippen LogP contribution < -0.4 is 4.90 Å². The van der Waals surface area contributed by atoms with Crippen molar-refractivity contribution in [2.75, 3.05) is 18.6 Å². The van der Waals surface area contributed by atoms with Crippen LogP contribution in [-0.4, -0.2) is 41.1 Å². The van der Waals surface area contributed by atoms with Crippen LogP contribution >= 0.6 is 15.9 Å². The van der Waals surface area contributed by atoms with E-state index in [1.54, 1.807) is 12.1 Å². The number of fused-ring (bicyclic) bond motifs is 1. The number of ether oxygens (including phenoxy) is 1. The number of anilines is 1. The molecule has 1 aromatic carbocycles. The van der Waals surface area contributed by atoms with Gasteiger partial charge in [0.05, 0.1) is 24.2 Å². The molecular weight excluding hydrogens is 374 g/mol. The number of hydrogen-bond donors (Lipinski definition) is 2. The van der Waals surface area contributed by atoms with E-state index in [4.69, 9.17) is 4.74 Å². The van der Waals surface area contributed by atoms with Crippen molar-refractivity contribution in [1.29, 1.82) is 0 Å². The number of rotatable bonds is 4. The highest BCUT2D eigenvalue weighted by atomic mass is 79.9. The van der Waals surface area contributed by atoms with E-state index in [1.165, 1.54) is 44.8 Å². The number of hydrogen-bond acceptors (Lipinski definition) is 5. The molecule has 5 nitrogen and oxygen atoms in total. The molecule has 1 heterocycles. The van der Waals surface area contributed by atoms with Crippen molar-refractivity contribution in [2.24, 2.45) is 5.92 Å². The summed E-state index contributed by atoms with van der Waals surface area (Å²) in [4.78, 5) is 13.8. The van der Waals surface area contributed by atoms with Crippen LogP contribution in [0.15, 0.2) is 18.2 Å². The molecule has 1 aliphatic carbocycles. The summed E-state index contributed by atoms with van der Waals surface area (Å²) in [5.74, 6) is 0.493. The number of carbonyl (C=O) groups excluding carboxylic acids is 1. The maximum absolute atomic E-state index is 11.9. The van der Waals surface area contributed by atoms with Crippen molar-refractivity contribution in [3.63, 3.8) is 0 Å². The molecule has 0 bridgehead atoms. The van der Waals surface area contributed by atoms with E-state index in [2.05, 4.69) is 15.9 Å².